The van der Waals surface area contributed by atoms with E-state index in [-0.39, 0.29) is 17.1 Å². The van der Waals surface area contributed by atoms with Crippen molar-refractivity contribution < 1.29 is 14.3 Å². The van der Waals surface area contributed by atoms with E-state index in [1.807, 2.05) is 48.5 Å². The molecule has 0 radical (unpaired) electrons. The molecular formula is C22H17N5O3. The third-order valence-corrected chi connectivity index (χ3v) is 4.16. The zero-order valence-corrected chi connectivity index (χ0v) is 15.7. The average molecular weight is 399 g/mol. The van der Waals surface area contributed by atoms with E-state index in [2.05, 4.69) is 26.0 Å². The number of ether oxygens (including phenoxy) is 1. The molecule has 8 nitrogen and oxygen atoms in total. The van der Waals surface area contributed by atoms with E-state index < -0.39 is 11.8 Å². The van der Waals surface area contributed by atoms with Gasteiger partial charge in [-0.1, -0.05) is 48.5 Å². The maximum absolute atomic E-state index is 12.5. The number of nitrogens with one attached hydrogen (secondary N) is 3. The molecule has 0 spiro atoms. The summed E-state index contributed by atoms with van der Waals surface area (Å²) in [5, 5.41) is 6.79. The maximum atomic E-state index is 12.5. The number of carbonyl (C=O) groups is 2. The summed E-state index contributed by atoms with van der Waals surface area (Å²) >= 11 is 0. The number of hydrogen-bond donors (Lipinski definition) is 3. The van der Waals surface area contributed by atoms with Gasteiger partial charge in [0, 0.05) is 11.8 Å². The lowest BCUT2D eigenvalue weighted by Crippen LogP contribution is -2.41. The number of H-pyrrole nitrogens is 1. The maximum Gasteiger partial charge on any atom is 0.287 e. The molecule has 2 heterocycles. The van der Waals surface area contributed by atoms with Crippen LogP contribution >= 0.6 is 0 Å². The number of amides is 2. The molecule has 0 saturated heterocycles. The van der Waals surface area contributed by atoms with Crippen molar-refractivity contribution in [3.8, 4) is 22.9 Å². The zero-order chi connectivity index (χ0) is 20.8. The van der Waals surface area contributed by atoms with Crippen molar-refractivity contribution in [1.29, 1.82) is 0 Å². The molecule has 0 bridgehead atoms. The van der Waals surface area contributed by atoms with Gasteiger partial charge in [-0.2, -0.15) is 5.10 Å². The van der Waals surface area contributed by atoms with E-state index in [1.165, 1.54) is 6.20 Å². The van der Waals surface area contributed by atoms with Gasteiger partial charge in [0.1, 0.15) is 17.0 Å². The van der Waals surface area contributed by atoms with Crippen LogP contribution in [0.1, 0.15) is 20.8 Å². The zero-order valence-electron chi connectivity index (χ0n) is 15.7. The molecule has 0 aliphatic rings. The Morgan fingerprint density at radius 2 is 1.53 bits per heavy atom. The van der Waals surface area contributed by atoms with Gasteiger partial charge in [-0.15, -0.1) is 0 Å². The topological polar surface area (TPSA) is 109 Å². The smallest absolute Gasteiger partial charge is 0.287 e. The number of aromatic nitrogens is 3. The standard InChI is InChI=1S/C22H17N5O3/c28-20(17-12-7-13-23-22(17)30-16-10-5-2-6-11-16)26-27-21(29)19-14-18(24-25-19)15-8-3-1-4-9-15/h1-14H,(H,24,25)(H,26,28)(H,27,29). The molecule has 0 aliphatic heterocycles. The van der Waals surface area contributed by atoms with Gasteiger partial charge in [0.2, 0.25) is 5.88 Å². The average Bonchev–Trinajstić information content (AvgIpc) is 3.29. The summed E-state index contributed by atoms with van der Waals surface area (Å²) in [6, 6.07) is 23.2. The molecule has 30 heavy (non-hydrogen) atoms. The Hall–Kier alpha value is -4.46. The van der Waals surface area contributed by atoms with Gasteiger partial charge in [0.25, 0.3) is 11.8 Å². The number of hydrogen-bond acceptors (Lipinski definition) is 5. The van der Waals surface area contributed by atoms with E-state index in [0.29, 0.717) is 11.4 Å². The molecule has 3 N–H and O–H groups in total. The monoisotopic (exact) mass is 399 g/mol. The minimum absolute atomic E-state index is 0.128. The Morgan fingerprint density at radius 1 is 0.833 bits per heavy atom. The van der Waals surface area contributed by atoms with Crippen LogP contribution in [0.3, 0.4) is 0 Å². The van der Waals surface area contributed by atoms with Gasteiger partial charge in [0.15, 0.2) is 0 Å². The number of para-hydroxylation sites is 1. The fourth-order valence-corrected chi connectivity index (χ4v) is 2.69. The van der Waals surface area contributed by atoms with E-state index >= 15 is 0 Å². The fourth-order valence-electron chi connectivity index (χ4n) is 2.69. The van der Waals surface area contributed by atoms with Crippen LogP contribution in [0.25, 0.3) is 11.3 Å². The third-order valence-electron chi connectivity index (χ3n) is 4.16. The molecular weight excluding hydrogens is 382 g/mol. The second-order valence-corrected chi connectivity index (χ2v) is 6.21. The molecule has 0 aliphatic carbocycles. The van der Waals surface area contributed by atoms with Crippen molar-refractivity contribution >= 4 is 11.8 Å². The van der Waals surface area contributed by atoms with Gasteiger partial charge in [-0.3, -0.25) is 25.5 Å². The second kappa shape index (κ2) is 8.70. The Balaban J connectivity index is 1.42. The third kappa shape index (κ3) is 4.33. The highest BCUT2D eigenvalue weighted by molar-refractivity contribution is 5.99. The van der Waals surface area contributed by atoms with Crippen molar-refractivity contribution in [3.05, 3.63) is 96.3 Å². The van der Waals surface area contributed by atoms with E-state index in [9.17, 15) is 9.59 Å². The van der Waals surface area contributed by atoms with Crippen molar-refractivity contribution in [1.82, 2.24) is 26.0 Å². The highest BCUT2D eigenvalue weighted by atomic mass is 16.5. The van der Waals surface area contributed by atoms with Gasteiger partial charge in [0.05, 0.1) is 5.69 Å². The van der Waals surface area contributed by atoms with Crippen LogP contribution in [-0.2, 0) is 0 Å². The SMILES string of the molecule is O=C(NNC(=O)c1cccnc1Oc1ccccc1)c1cc(-c2ccccc2)n[nH]1. The Bertz CT molecular complexity index is 1160. The fraction of sp³-hybridized carbons (Fsp3) is 0. The lowest BCUT2D eigenvalue weighted by Gasteiger charge is -2.10. The van der Waals surface area contributed by atoms with Crippen LogP contribution in [-0.4, -0.2) is 27.0 Å². The molecule has 4 rings (SSSR count). The van der Waals surface area contributed by atoms with Gasteiger partial charge >= 0.3 is 0 Å². The van der Waals surface area contributed by atoms with Crippen molar-refractivity contribution in [2.75, 3.05) is 0 Å². The van der Waals surface area contributed by atoms with Crippen molar-refractivity contribution in [3.63, 3.8) is 0 Å². The van der Waals surface area contributed by atoms with Gasteiger partial charge in [-0.05, 0) is 30.3 Å². The minimum Gasteiger partial charge on any atom is -0.438 e. The van der Waals surface area contributed by atoms with E-state index in [4.69, 9.17) is 4.74 Å². The van der Waals surface area contributed by atoms with Crippen molar-refractivity contribution in [2.45, 2.75) is 0 Å². The molecule has 0 saturated carbocycles. The first-order valence-electron chi connectivity index (χ1n) is 9.10. The largest absolute Gasteiger partial charge is 0.438 e. The molecule has 2 aromatic heterocycles. The highest BCUT2D eigenvalue weighted by Crippen LogP contribution is 2.22. The summed E-state index contributed by atoms with van der Waals surface area (Å²) in [6.45, 7) is 0. The number of pyridine rings is 1. The van der Waals surface area contributed by atoms with Gasteiger partial charge in [-0.25, -0.2) is 4.98 Å². The molecule has 0 fully saturated rings. The van der Waals surface area contributed by atoms with Crippen LogP contribution in [0.5, 0.6) is 11.6 Å². The Morgan fingerprint density at radius 3 is 2.30 bits per heavy atom. The minimum atomic E-state index is -0.565. The summed E-state index contributed by atoms with van der Waals surface area (Å²) in [6.07, 6.45) is 1.52. The molecule has 2 aromatic carbocycles. The van der Waals surface area contributed by atoms with E-state index in [1.54, 1.807) is 30.3 Å². The lowest BCUT2D eigenvalue weighted by atomic mass is 10.1. The van der Waals surface area contributed by atoms with Crippen LogP contribution < -0.4 is 15.6 Å². The van der Waals surface area contributed by atoms with Crippen molar-refractivity contribution in [2.24, 2.45) is 0 Å². The number of carbonyl (C=O) groups excluding carboxylic acids is 2. The first-order valence-corrected chi connectivity index (χ1v) is 9.10. The first kappa shape index (κ1) is 18.9. The molecule has 148 valence electrons. The van der Waals surface area contributed by atoms with E-state index in [0.717, 1.165) is 5.56 Å². The number of hydrazine groups is 1. The van der Waals surface area contributed by atoms with Crippen LogP contribution in [0.4, 0.5) is 0 Å². The number of aromatic amines is 1. The second-order valence-electron chi connectivity index (χ2n) is 6.21. The molecule has 0 atom stereocenters. The molecule has 8 heteroatoms. The molecule has 2 amide bonds. The Kier molecular flexibility index (Phi) is 5.47. The summed E-state index contributed by atoms with van der Waals surface area (Å²) in [5.74, 6) is -0.429. The van der Waals surface area contributed by atoms with Crippen LogP contribution in [0, 0.1) is 0 Å². The summed E-state index contributed by atoms with van der Waals surface area (Å²) < 4.78 is 5.67. The molecule has 4 aromatic rings. The number of rotatable bonds is 5. The van der Waals surface area contributed by atoms with Crippen LogP contribution in [0.15, 0.2) is 85.1 Å². The predicted octanol–water partition coefficient (Wildman–Crippen LogP) is 3.34. The van der Waals surface area contributed by atoms with Crippen LogP contribution in [0.2, 0.25) is 0 Å². The normalized spacial score (nSPS) is 10.3. The number of nitrogens with zero attached hydrogens (tertiary/aromatic N) is 2. The predicted molar refractivity (Wildman–Crippen MR) is 110 cm³/mol. The Labute approximate surface area is 171 Å². The highest BCUT2D eigenvalue weighted by Gasteiger charge is 2.16. The van der Waals surface area contributed by atoms with Gasteiger partial charge < -0.3 is 4.74 Å². The number of benzene rings is 2. The first-order chi connectivity index (χ1) is 14.7. The quantitative estimate of drug-likeness (QED) is 0.446. The summed E-state index contributed by atoms with van der Waals surface area (Å²) in [5.41, 5.74) is 6.61. The molecule has 0 unspecified atom stereocenters. The summed E-state index contributed by atoms with van der Waals surface area (Å²) in [7, 11) is 0. The summed E-state index contributed by atoms with van der Waals surface area (Å²) in [4.78, 5) is 29.0. The lowest BCUT2D eigenvalue weighted by molar-refractivity contribution is 0.0842.